The number of nitrogens with zero attached hydrogens (tertiary/aromatic N) is 3. The van der Waals surface area contributed by atoms with E-state index in [0.29, 0.717) is 33.1 Å². The Bertz CT molecular complexity index is 2110. The van der Waals surface area contributed by atoms with E-state index >= 15 is 0 Å². The van der Waals surface area contributed by atoms with Gasteiger partial charge in [-0.2, -0.15) is 0 Å². The van der Waals surface area contributed by atoms with Gasteiger partial charge >= 0.3 is 5.97 Å². The summed E-state index contributed by atoms with van der Waals surface area (Å²) in [7, 11) is -8.42. The van der Waals surface area contributed by atoms with Crippen molar-refractivity contribution in [2.45, 2.75) is 40.9 Å². The largest absolute Gasteiger partial charge is 0.481 e. The summed E-state index contributed by atoms with van der Waals surface area (Å²) in [6, 6.07) is 34.5. The SMILES string of the molecule is Cc1ccc(S(=O)(=O)N2c3ccccc3[C@H]3N(c4ccc(SCC(=O)O)cc4)[C@@H]2c2ccccc2N3S(=O)(=O)c2ccc(C)cc2)cc1. The van der Waals surface area contributed by atoms with Crippen LogP contribution >= 0.6 is 11.8 Å². The number of benzene rings is 5. The van der Waals surface area contributed by atoms with Gasteiger partial charge in [-0.3, -0.25) is 4.79 Å². The summed E-state index contributed by atoms with van der Waals surface area (Å²) in [6.45, 7) is 3.77. The predicted molar refractivity (Wildman–Crippen MR) is 187 cm³/mol. The molecular weight excluding hydrogens is 667 g/mol. The number of thioether (sulfide) groups is 1. The molecule has 48 heavy (non-hydrogen) atoms. The highest BCUT2D eigenvalue weighted by molar-refractivity contribution is 8.00. The lowest BCUT2D eigenvalue weighted by Crippen LogP contribution is -2.59. The Balaban J connectivity index is 1.51. The third-order valence-electron chi connectivity index (χ3n) is 8.53. The second-order valence-corrected chi connectivity index (χ2v) is 16.4. The first-order valence-electron chi connectivity index (χ1n) is 15.1. The fourth-order valence-electron chi connectivity index (χ4n) is 6.30. The number of carboxylic acids is 1. The molecule has 244 valence electrons. The van der Waals surface area contributed by atoms with Crippen molar-refractivity contribution in [3.05, 3.63) is 144 Å². The average molecular weight is 698 g/mol. The van der Waals surface area contributed by atoms with Crippen LogP contribution in [0.2, 0.25) is 0 Å². The first-order valence-corrected chi connectivity index (χ1v) is 19.0. The van der Waals surface area contributed by atoms with Crippen LogP contribution in [0.25, 0.3) is 0 Å². The summed E-state index contributed by atoms with van der Waals surface area (Å²) in [5.74, 6) is -1.07. The molecule has 0 saturated carbocycles. The fraction of sp³-hybridized carbons (Fsp3) is 0.139. The van der Waals surface area contributed by atoms with Crippen molar-refractivity contribution < 1.29 is 26.7 Å². The molecule has 2 aliphatic rings. The van der Waals surface area contributed by atoms with Crippen LogP contribution in [0, 0.1) is 13.8 Å². The van der Waals surface area contributed by atoms with Gasteiger partial charge in [-0.1, -0.05) is 71.8 Å². The van der Waals surface area contributed by atoms with Crippen LogP contribution in [-0.2, 0) is 24.8 Å². The van der Waals surface area contributed by atoms with Crippen LogP contribution in [0.3, 0.4) is 0 Å². The normalized spacial score (nSPS) is 17.1. The lowest BCUT2D eigenvalue weighted by atomic mass is 9.95. The summed E-state index contributed by atoms with van der Waals surface area (Å²) in [6.07, 6.45) is -1.95. The van der Waals surface area contributed by atoms with Gasteiger partial charge in [-0.25, -0.2) is 25.4 Å². The van der Waals surface area contributed by atoms with E-state index < -0.39 is 38.3 Å². The van der Waals surface area contributed by atoms with Crippen LogP contribution in [0.1, 0.15) is 34.6 Å². The number of aliphatic carboxylic acids is 1. The van der Waals surface area contributed by atoms with Crippen molar-refractivity contribution in [1.29, 1.82) is 0 Å². The quantitative estimate of drug-likeness (QED) is 0.171. The maximum Gasteiger partial charge on any atom is 0.313 e. The number of carbonyl (C=O) groups is 1. The minimum atomic E-state index is -4.21. The molecule has 2 heterocycles. The molecule has 0 aliphatic carbocycles. The molecule has 0 amide bonds. The lowest BCUT2D eigenvalue weighted by molar-refractivity contribution is -0.133. The van der Waals surface area contributed by atoms with Crippen LogP contribution in [0.4, 0.5) is 17.1 Å². The molecule has 5 aromatic carbocycles. The van der Waals surface area contributed by atoms with E-state index in [1.54, 1.807) is 121 Å². The molecule has 5 aromatic rings. The second kappa shape index (κ2) is 12.0. The van der Waals surface area contributed by atoms with Crippen LogP contribution < -0.4 is 13.5 Å². The van der Waals surface area contributed by atoms with Crippen molar-refractivity contribution in [2.24, 2.45) is 0 Å². The molecule has 2 atom stereocenters. The summed E-state index contributed by atoms with van der Waals surface area (Å²) in [5, 5.41) is 9.20. The van der Waals surface area contributed by atoms with Gasteiger partial charge in [0.25, 0.3) is 20.0 Å². The third-order valence-corrected chi connectivity index (χ3v) is 13.1. The number of fused-ring (bicyclic) bond motifs is 6. The highest BCUT2D eigenvalue weighted by Gasteiger charge is 2.54. The first kappa shape index (κ1) is 31.8. The van der Waals surface area contributed by atoms with Gasteiger partial charge in [0.05, 0.1) is 26.9 Å². The molecule has 0 saturated heterocycles. The maximum absolute atomic E-state index is 14.8. The molecule has 2 aliphatic heterocycles. The zero-order chi connectivity index (χ0) is 33.8. The Kier molecular flexibility index (Phi) is 7.97. The fourth-order valence-corrected chi connectivity index (χ4v) is 10.1. The number of hydrogen-bond donors (Lipinski definition) is 1. The van der Waals surface area contributed by atoms with Crippen molar-refractivity contribution >= 4 is 54.8 Å². The Morgan fingerprint density at radius 1 is 0.625 bits per heavy atom. The van der Waals surface area contributed by atoms with Crippen molar-refractivity contribution in [3.63, 3.8) is 0 Å². The number of carboxylic acid groups (broad SMARTS) is 1. The Hall–Kier alpha value is -4.78. The zero-order valence-corrected chi connectivity index (χ0v) is 28.4. The van der Waals surface area contributed by atoms with Gasteiger partial charge in [0.2, 0.25) is 0 Å². The summed E-state index contributed by atoms with van der Waals surface area (Å²) >= 11 is 1.16. The number of anilines is 3. The van der Waals surface area contributed by atoms with Crippen LogP contribution in [0.15, 0.2) is 136 Å². The van der Waals surface area contributed by atoms with Gasteiger partial charge in [-0.15, -0.1) is 11.8 Å². The van der Waals surface area contributed by atoms with E-state index in [0.717, 1.165) is 22.9 Å². The molecular formula is C36H31N3O6S3. The number of hydrogen-bond acceptors (Lipinski definition) is 7. The summed E-state index contributed by atoms with van der Waals surface area (Å²) < 4.78 is 62.0. The predicted octanol–water partition coefficient (Wildman–Crippen LogP) is 7.10. The van der Waals surface area contributed by atoms with E-state index in [1.807, 2.05) is 18.7 Å². The number of para-hydroxylation sites is 2. The van der Waals surface area contributed by atoms with Gasteiger partial charge in [-0.05, 0) is 74.5 Å². The minimum absolute atomic E-state index is 0.105. The van der Waals surface area contributed by atoms with E-state index in [4.69, 9.17) is 0 Å². The first-order chi connectivity index (χ1) is 23.0. The molecule has 9 nitrogen and oxygen atoms in total. The maximum atomic E-state index is 14.8. The van der Waals surface area contributed by atoms with Crippen molar-refractivity contribution in [2.75, 3.05) is 19.3 Å². The third kappa shape index (κ3) is 5.29. The second-order valence-electron chi connectivity index (χ2n) is 11.7. The van der Waals surface area contributed by atoms with Crippen LogP contribution in [0.5, 0.6) is 0 Å². The average Bonchev–Trinajstić information content (AvgIpc) is 3.07. The summed E-state index contributed by atoms with van der Waals surface area (Å²) in [4.78, 5) is 14.0. The summed E-state index contributed by atoms with van der Waals surface area (Å²) in [5.41, 5.74) is 4.10. The Morgan fingerprint density at radius 3 is 1.46 bits per heavy atom. The molecule has 0 unspecified atom stereocenters. The van der Waals surface area contributed by atoms with Crippen molar-refractivity contribution in [3.8, 4) is 0 Å². The number of sulfonamides is 2. The molecule has 0 aromatic heterocycles. The lowest BCUT2D eigenvalue weighted by Gasteiger charge is -2.56. The molecule has 12 heteroatoms. The topological polar surface area (TPSA) is 115 Å². The number of aryl methyl sites for hydroxylation is 2. The molecule has 2 bridgehead atoms. The van der Waals surface area contributed by atoms with Gasteiger partial charge in [0.15, 0.2) is 0 Å². The van der Waals surface area contributed by atoms with E-state index in [2.05, 4.69) is 0 Å². The monoisotopic (exact) mass is 697 g/mol. The molecule has 1 N–H and O–H groups in total. The smallest absolute Gasteiger partial charge is 0.313 e. The van der Waals surface area contributed by atoms with Crippen molar-refractivity contribution in [1.82, 2.24) is 0 Å². The van der Waals surface area contributed by atoms with Crippen LogP contribution in [-0.4, -0.2) is 33.7 Å². The minimum Gasteiger partial charge on any atom is -0.481 e. The number of rotatable bonds is 8. The van der Waals surface area contributed by atoms with Gasteiger partial charge in [0.1, 0.15) is 12.3 Å². The van der Waals surface area contributed by atoms with Gasteiger partial charge in [0, 0.05) is 21.7 Å². The van der Waals surface area contributed by atoms with Gasteiger partial charge < -0.3 is 10.0 Å². The molecule has 0 radical (unpaired) electrons. The highest BCUT2D eigenvalue weighted by atomic mass is 32.2. The standard InChI is InChI=1S/C36H31N3O6S3/c1-24-11-19-28(20-12-24)47(42,43)38-32-9-5-3-7-30(32)36-37(26-15-17-27(18-16-26)46-23-34(40)41)35(38)31-8-4-6-10-33(31)39(36)48(44,45)29-21-13-25(2)14-22-29/h3-22,35-36H,23H2,1-2H3,(H,40,41)/t35-,36-/m0/s1. The zero-order valence-electron chi connectivity index (χ0n) is 26.0. The van der Waals surface area contributed by atoms with E-state index in [9.17, 15) is 26.7 Å². The highest BCUT2D eigenvalue weighted by Crippen LogP contribution is 2.57. The molecule has 0 fully saturated rings. The van der Waals surface area contributed by atoms with E-state index in [-0.39, 0.29) is 15.5 Å². The molecule has 7 rings (SSSR count). The van der Waals surface area contributed by atoms with E-state index in [1.165, 1.54) is 8.61 Å². The molecule has 0 spiro atoms. The Morgan fingerprint density at radius 2 is 1.04 bits per heavy atom. The Labute approximate surface area is 284 Å².